The zero-order chi connectivity index (χ0) is 15.3. The van der Waals surface area contributed by atoms with E-state index in [9.17, 15) is 14.7 Å². The summed E-state index contributed by atoms with van der Waals surface area (Å²) in [4.78, 5) is 27.9. The van der Waals surface area contributed by atoms with Gasteiger partial charge in [0.25, 0.3) is 0 Å². The van der Waals surface area contributed by atoms with Crippen LogP contribution in [0.15, 0.2) is 0 Å². The van der Waals surface area contributed by atoms with E-state index in [0.29, 0.717) is 19.5 Å². The molecule has 0 aromatic heterocycles. The van der Waals surface area contributed by atoms with E-state index < -0.39 is 6.10 Å². The van der Waals surface area contributed by atoms with E-state index in [-0.39, 0.29) is 23.7 Å². The third-order valence-corrected chi connectivity index (χ3v) is 3.83. The quantitative estimate of drug-likeness (QED) is 0.822. The molecule has 20 heavy (non-hydrogen) atoms. The number of hydrogen-bond donors (Lipinski definition) is 1. The number of carbonyl (C=O) groups is 2. The van der Waals surface area contributed by atoms with E-state index in [1.165, 1.54) is 0 Å². The zero-order valence-electron chi connectivity index (χ0n) is 13.1. The Kier molecular flexibility index (Phi) is 6.46. The van der Waals surface area contributed by atoms with E-state index in [0.717, 1.165) is 19.4 Å². The Morgan fingerprint density at radius 2 is 2.00 bits per heavy atom. The molecule has 2 atom stereocenters. The molecule has 1 N–H and O–H groups in total. The Hall–Kier alpha value is -1.10. The van der Waals surface area contributed by atoms with Crippen LogP contribution >= 0.6 is 0 Å². The van der Waals surface area contributed by atoms with Crippen LogP contribution in [-0.4, -0.2) is 59.5 Å². The molecular weight excluding hydrogens is 256 g/mol. The van der Waals surface area contributed by atoms with Crippen LogP contribution in [0.4, 0.5) is 0 Å². The second-order valence-electron chi connectivity index (χ2n) is 6.18. The van der Waals surface area contributed by atoms with Gasteiger partial charge in [-0.2, -0.15) is 0 Å². The molecule has 1 aliphatic rings. The summed E-state index contributed by atoms with van der Waals surface area (Å²) in [7, 11) is 1.77. The molecule has 1 saturated heterocycles. The molecule has 2 unspecified atom stereocenters. The maximum Gasteiger partial charge on any atom is 0.227 e. The lowest BCUT2D eigenvalue weighted by molar-refractivity contribution is -0.141. The lowest BCUT2D eigenvalue weighted by Gasteiger charge is -2.35. The summed E-state index contributed by atoms with van der Waals surface area (Å²) in [6, 6.07) is 0. The Bertz CT molecular complexity index is 342. The minimum Gasteiger partial charge on any atom is -0.393 e. The molecule has 1 heterocycles. The van der Waals surface area contributed by atoms with E-state index in [2.05, 4.69) is 0 Å². The van der Waals surface area contributed by atoms with Crippen LogP contribution in [0.2, 0.25) is 0 Å². The van der Waals surface area contributed by atoms with Crippen molar-refractivity contribution in [2.24, 2.45) is 11.8 Å². The van der Waals surface area contributed by atoms with E-state index in [1.54, 1.807) is 18.9 Å². The number of likely N-dealkylation sites (tertiary alicyclic amines) is 1. The van der Waals surface area contributed by atoms with Gasteiger partial charge in [0, 0.05) is 32.6 Å². The molecule has 1 aliphatic heterocycles. The van der Waals surface area contributed by atoms with Crippen LogP contribution in [0, 0.1) is 11.8 Å². The van der Waals surface area contributed by atoms with Crippen molar-refractivity contribution in [3.63, 3.8) is 0 Å². The van der Waals surface area contributed by atoms with Crippen LogP contribution in [-0.2, 0) is 9.59 Å². The second-order valence-corrected chi connectivity index (χ2v) is 6.18. The Morgan fingerprint density at radius 1 is 1.35 bits per heavy atom. The van der Waals surface area contributed by atoms with Crippen LogP contribution in [0.25, 0.3) is 0 Å². The molecule has 116 valence electrons. The van der Waals surface area contributed by atoms with Crippen molar-refractivity contribution in [3.05, 3.63) is 0 Å². The molecular formula is C15H28N2O3. The Morgan fingerprint density at radius 3 is 2.55 bits per heavy atom. The van der Waals surface area contributed by atoms with Crippen molar-refractivity contribution >= 4 is 11.8 Å². The number of amides is 2. The van der Waals surface area contributed by atoms with Gasteiger partial charge in [-0.25, -0.2) is 0 Å². The number of carbonyl (C=O) groups excluding carboxylic acids is 2. The van der Waals surface area contributed by atoms with Gasteiger partial charge in [-0.15, -0.1) is 0 Å². The predicted octanol–water partition coefficient (Wildman–Crippen LogP) is 1.11. The number of aliphatic hydroxyl groups is 1. The summed E-state index contributed by atoms with van der Waals surface area (Å²) in [6.07, 6.45) is 1.93. The summed E-state index contributed by atoms with van der Waals surface area (Å²) in [5.74, 6) is 0.114. The lowest BCUT2D eigenvalue weighted by Crippen LogP contribution is -2.47. The molecule has 0 aliphatic carbocycles. The smallest absolute Gasteiger partial charge is 0.227 e. The van der Waals surface area contributed by atoms with Gasteiger partial charge >= 0.3 is 0 Å². The SMILES string of the molecule is CC(O)CCN(C)C(=O)C1CCCN(C(=O)C(C)C)C1. The summed E-state index contributed by atoms with van der Waals surface area (Å²) >= 11 is 0. The van der Waals surface area contributed by atoms with E-state index >= 15 is 0 Å². The predicted molar refractivity (Wildman–Crippen MR) is 78.1 cm³/mol. The van der Waals surface area contributed by atoms with Crippen molar-refractivity contribution in [1.82, 2.24) is 9.80 Å². The van der Waals surface area contributed by atoms with Gasteiger partial charge < -0.3 is 14.9 Å². The highest BCUT2D eigenvalue weighted by molar-refractivity contribution is 5.82. The molecule has 0 spiro atoms. The van der Waals surface area contributed by atoms with Crippen molar-refractivity contribution in [3.8, 4) is 0 Å². The molecule has 5 heteroatoms. The molecule has 0 aromatic rings. The Balaban J connectivity index is 2.53. The van der Waals surface area contributed by atoms with Crippen LogP contribution in [0.1, 0.15) is 40.0 Å². The molecule has 1 fully saturated rings. The van der Waals surface area contributed by atoms with Gasteiger partial charge in [0.15, 0.2) is 0 Å². The second kappa shape index (κ2) is 7.62. The number of rotatable bonds is 5. The third-order valence-electron chi connectivity index (χ3n) is 3.83. The fourth-order valence-corrected chi connectivity index (χ4v) is 2.55. The van der Waals surface area contributed by atoms with Gasteiger partial charge in [0.2, 0.25) is 11.8 Å². The molecule has 2 amide bonds. The first-order valence-electron chi connectivity index (χ1n) is 7.54. The van der Waals surface area contributed by atoms with Crippen LogP contribution in [0.3, 0.4) is 0 Å². The maximum absolute atomic E-state index is 12.4. The van der Waals surface area contributed by atoms with Crippen LogP contribution < -0.4 is 0 Å². The summed E-state index contributed by atoms with van der Waals surface area (Å²) in [6.45, 7) is 7.37. The zero-order valence-corrected chi connectivity index (χ0v) is 13.1. The van der Waals surface area contributed by atoms with Crippen molar-refractivity contribution in [1.29, 1.82) is 0 Å². The first-order chi connectivity index (χ1) is 9.32. The first kappa shape index (κ1) is 17.0. The van der Waals surface area contributed by atoms with Crippen molar-refractivity contribution < 1.29 is 14.7 Å². The molecule has 5 nitrogen and oxygen atoms in total. The summed E-state index contributed by atoms with van der Waals surface area (Å²) in [5, 5.41) is 9.28. The maximum atomic E-state index is 12.4. The normalized spacial score (nSPS) is 20.9. The first-order valence-corrected chi connectivity index (χ1v) is 7.54. The van der Waals surface area contributed by atoms with Crippen molar-refractivity contribution in [2.75, 3.05) is 26.7 Å². The standard InChI is InChI=1S/C15H28N2O3/c1-11(2)14(19)17-8-5-6-13(10-17)15(20)16(4)9-7-12(3)18/h11-13,18H,5-10H2,1-4H3. The van der Waals surface area contributed by atoms with Gasteiger partial charge in [0.05, 0.1) is 12.0 Å². The Labute approximate surface area is 121 Å². The van der Waals surface area contributed by atoms with Gasteiger partial charge in [-0.3, -0.25) is 9.59 Å². The fourth-order valence-electron chi connectivity index (χ4n) is 2.55. The highest BCUT2D eigenvalue weighted by Gasteiger charge is 2.30. The molecule has 0 radical (unpaired) electrons. The van der Waals surface area contributed by atoms with Gasteiger partial charge in [-0.05, 0) is 26.2 Å². The number of piperidine rings is 1. The van der Waals surface area contributed by atoms with E-state index in [1.807, 2.05) is 18.7 Å². The average molecular weight is 284 g/mol. The minimum absolute atomic E-state index is 0.0168. The van der Waals surface area contributed by atoms with Gasteiger partial charge in [0.1, 0.15) is 0 Å². The molecule has 0 bridgehead atoms. The highest BCUT2D eigenvalue weighted by atomic mass is 16.3. The summed E-state index contributed by atoms with van der Waals surface area (Å²) < 4.78 is 0. The fraction of sp³-hybridized carbons (Fsp3) is 0.867. The van der Waals surface area contributed by atoms with E-state index in [4.69, 9.17) is 0 Å². The number of nitrogens with zero attached hydrogens (tertiary/aromatic N) is 2. The largest absolute Gasteiger partial charge is 0.393 e. The molecule has 1 rings (SSSR count). The third kappa shape index (κ3) is 4.78. The monoisotopic (exact) mass is 284 g/mol. The molecule has 0 saturated carbocycles. The van der Waals surface area contributed by atoms with Crippen molar-refractivity contribution in [2.45, 2.75) is 46.1 Å². The topological polar surface area (TPSA) is 60.9 Å². The summed E-state index contributed by atoms with van der Waals surface area (Å²) in [5.41, 5.74) is 0. The van der Waals surface area contributed by atoms with Crippen LogP contribution in [0.5, 0.6) is 0 Å². The average Bonchev–Trinajstić information content (AvgIpc) is 2.43. The highest BCUT2D eigenvalue weighted by Crippen LogP contribution is 2.20. The minimum atomic E-state index is -0.393. The van der Waals surface area contributed by atoms with Gasteiger partial charge in [-0.1, -0.05) is 13.8 Å². The lowest BCUT2D eigenvalue weighted by atomic mass is 9.95. The number of aliphatic hydroxyl groups excluding tert-OH is 1. The number of hydrogen-bond acceptors (Lipinski definition) is 3. The molecule has 0 aromatic carbocycles.